The van der Waals surface area contributed by atoms with Crippen molar-refractivity contribution in [3.8, 4) is 0 Å². The minimum atomic E-state index is -0.377. The van der Waals surface area contributed by atoms with Gasteiger partial charge in [-0.3, -0.25) is 15.4 Å². The number of carbonyl (C=O) groups is 1. The van der Waals surface area contributed by atoms with Crippen molar-refractivity contribution < 1.29 is 4.79 Å². The number of aliphatic imine (C=N–C) groups is 1. The number of aryl methyl sites for hydroxylation is 1. The van der Waals surface area contributed by atoms with E-state index in [1.54, 1.807) is 0 Å². The molecule has 2 rings (SSSR count). The third-order valence-electron chi connectivity index (χ3n) is 3.21. The zero-order chi connectivity index (χ0) is 16.5. The Labute approximate surface area is 134 Å². The van der Waals surface area contributed by atoms with Gasteiger partial charge in [-0.25, -0.2) is 9.78 Å². The van der Waals surface area contributed by atoms with Gasteiger partial charge in [0.05, 0.1) is 6.04 Å². The molecule has 5 N–H and O–H groups in total. The summed E-state index contributed by atoms with van der Waals surface area (Å²) < 4.78 is 0. The Balaban J connectivity index is 1.70. The van der Waals surface area contributed by atoms with Crippen molar-refractivity contribution in [3.05, 3.63) is 48.0 Å². The predicted molar refractivity (Wildman–Crippen MR) is 87.7 cm³/mol. The van der Waals surface area contributed by atoms with E-state index >= 15 is 0 Å². The van der Waals surface area contributed by atoms with Crippen LogP contribution in [0.15, 0.2) is 41.7 Å². The van der Waals surface area contributed by atoms with Crippen molar-refractivity contribution >= 4 is 12.0 Å². The number of aromatic nitrogens is 3. The lowest BCUT2D eigenvalue weighted by atomic mass is 10.1. The van der Waals surface area contributed by atoms with E-state index in [-0.39, 0.29) is 18.0 Å². The molecule has 8 heteroatoms. The summed E-state index contributed by atoms with van der Waals surface area (Å²) in [5, 5.41) is 11.9. The molecule has 1 atom stereocenters. The van der Waals surface area contributed by atoms with Crippen molar-refractivity contribution in [2.45, 2.75) is 25.8 Å². The molecule has 0 spiro atoms. The van der Waals surface area contributed by atoms with Gasteiger partial charge in [0.15, 0.2) is 5.96 Å². The van der Waals surface area contributed by atoms with Gasteiger partial charge in [0.25, 0.3) is 0 Å². The number of aromatic amines is 1. The van der Waals surface area contributed by atoms with E-state index in [0.717, 1.165) is 24.2 Å². The second-order valence-corrected chi connectivity index (χ2v) is 5.03. The number of benzene rings is 1. The SMILES string of the molecule is C[C@@H](NC(=O)NC(N)=NCCCc1ncn[nH]1)c1ccccc1. The molecule has 2 amide bonds. The molecular weight excluding hydrogens is 294 g/mol. The third-order valence-corrected chi connectivity index (χ3v) is 3.21. The second-order valence-electron chi connectivity index (χ2n) is 5.03. The van der Waals surface area contributed by atoms with Crippen LogP contribution in [-0.2, 0) is 6.42 Å². The molecule has 0 bridgehead atoms. The number of nitrogens with two attached hydrogens (primary N) is 1. The van der Waals surface area contributed by atoms with E-state index in [0.29, 0.717) is 6.54 Å². The molecule has 0 saturated carbocycles. The molecule has 0 fully saturated rings. The number of H-pyrrole nitrogens is 1. The highest BCUT2D eigenvalue weighted by Crippen LogP contribution is 2.10. The molecule has 0 aliphatic heterocycles. The van der Waals surface area contributed by atoms with Crippen molar-refractivity contribution in [2.75, 3.05) is 6.54 Å². The molecule has 2 aromatic rings. The highest BCUT2D eigenvalue weighted by Gasteiger charge is 2.09. The molecule has 1 aromatic carbocycles. The van der Waals surface area contributed by atoms with Crippen LogP contribution in [-0.4, -0.2) is 33.7 Å². The second kappa shape index (κ2) is 8.52. The lowest BCUT2D eigenvalue weighted by Crippen LogP contribution is -2.44. The average molecular weight is 315 g/mol. The largest absolute Gasteiger partial charge is 0.370 e. The number of guanidine groups is 1. The Morgan fingerprint density at radius 1 is 1.39 bits per heavy atom. The van der Waals surface area contributed by atoms with Crippen LogP contribution in [0.1, 0.15) is 30.8 Å². The number of carbonyl (C=O) groups excluding carboxylic acids is 1. The first-order valence-electron chi connectivity index (χ1n) is 7.42. The van der Waals surface area contributed by atoms with E-state index in [1.165, 1.54) is 6.33 Å². The molecule has 1 heterocycles. The van der Waals surface area contributed by atoms with Crippen molar-refractivity contribution in [3.63, 3.8) is 0 Å². The van der Waals surface area contributed by atoms with Crippen LogP contribution in [0.2, 0.25) is 0 Å². The average Bonchev–Trinajstić information content (AvgIpc) is 3.05. The number of hydrogen-bond donors (Lipinski definition) is 4. The van der Waals surface area contributed by atoms with E-state index in [9.17, 15) is 4.79 Å². The minimum absolute atomic E-state index is 0.0975. The van der Waals surface area contributed by atoms with Crippen molar-refractivity contribution in [2.24, 2.45) is 10.7 Å². The van der Waals surface area contributed by atoms with Gasteiger partial charge in [-0.2, -0.15) is 5.10 Å². The first-order valence-corrected chi connectivity index (χ1v) is 7.42. The van der Waals surface area contributed by atoms with Crippen LogP contribution in [0.3, 0.4) is 0 Å². The fourth-order valence-electron chi connectivity index (χ4n) is 2.01. The highest BCUT2D eigenvalue weighted by atomic mass is 16.2. The van der Waals surface area contributed by atoms with Crippen LogP contribution >= 0.6 is 0 Å². The van der Waals surface area contributed by atoms with Gasteiger partial charge >= 0.3 is 6.03 Å². The summed E-state index contributed by atoms with van der Waals surface area (Å²) in [4.78, 5) is 20.0. The van der Waals surface area contributed by atoms with Gasteiger partial charge in [0, 0.05) is 13.0 Å². The molecule has 1 aromatic heterocycles. The van der Waals surface area contributed by atoms with Crippen LogP contribution in [0.25, 0.3) is 0 Å². The molecule has 0 radical (unpaired) electrons. The van der Waals surface area contributed by atoms with Crippen molar-refractivity contribution in [1.29, 1.82) is 0 Å². The Bertz CT molecular complexity index is 625. The molecule has 0 saturated heterocycles. The summed E-state index contributed by atoms with van der Waals surface area (Å²) in [5.74, 6) is 0.904. The summed E-state index contributed by atoms with van der Waals surface area (Å²) in [5.41, 5.74) is 6.71. The molecule has 0 aliphatic carbocycles. The Kier molecular flexibility index (Phi) is 6.10. The summed E-state index contributed by atoms with van der Waals surface area (Å²) in [6, 6.07) is 9.19. The zero-order valence-electron chi connectivity index (χ0n) is 13.0. The summed E-state index contributed by atoms with van der Waals surface area (Å²) in [7, 11) is 0. The predicted octanol–water partition coefficient (Wildman–Crippen LogP) is 1.11. The fourth-order valence-corrected chi connectivity index (χ4v) is 2.01. The Morgan fingerprint density at radius 3 is 2.87 bits per heavy atom. The Hall–Kier alpha value is -2.90. The molecule has 0 aliphatic rings. The number of rotatable bonds is 6. The lowest BCUT2D eigenvalue weighted by Gasteiger charge is -2.14. The van der Waals surface area contributed by atoms with Crippen LogP contribution in [0.4, 0.5) is 4.79 Å². The lowest BCUT2D eigenvalue weighted by molar-refractivity contribution is 0.242. The van der Waals surface area contributed by atoms with E-state index in [4.69, 9.17) is 5.73 Å². The Morgan fingerprint density at radius 2 is 2.17 bits per heavy atom. The monoisotopic (exact) mass is 315 g/mol. The van der Waals surface area contributed by atoms with Gasteiger partial charge in [0.1, 0.15) is 12.2 Å². The van der Waals surface area contributed by atoms with Gasteiger partial charge in [0.2, 0.25) is 0 Å². The number of urea groups is 1. The van der Waals surface area contributed by atoms with Gasteiger partial charge in [-0.15, -0.1) is 0 Å². The van der Waals surface area contributed by atoms with E-state index in [1.807, 2.05) is 37.3 Å². The van der Waals surface area contributed by atoms with E-state index < -0.39 is 0 Å². The number of nitrogens with one attached hydrogen (secondary N) is 3. The van der Waals surface area contributed by atoms with E-state index in [2.05, 4.69) is 30.8 Å². The molecular formula is C15H21N7O. The molecule has 8 nitrogen and oxygen atoms in total. The highest BCUT2D eigenvalue weighted by molar-refractivity contribution is 5.95. The number of hydrogen-bond acceptors (Lipinski definition) is 4. The van der Waals surface area contributed by atoms with Gasteiger partial charge in [-0.1, -0.05) is 30.3 Å². The zero-order valence-corrected chi connectivity index (χ0v) is 13.0. The maximum absolute atomic E-state index is 11.9. The maximum Gasteiger partial charge on any atom is 0.322 e. The number of nitrogens with zero attached hydrogens (tertiary/aromatic N) is 3. The normalized spacial score (nSPS) is 12.7. The van der Waals surface area contributed by atoms with Crippen LogP contribution < -0.4 is 16.4 Å². The number of amides is 2. The van der Waals surface area contributed by atoms with Crippen LogP contribution in [0.5, 0.6) is 0 Å². The fraction of sp³-hybridized carbons (Fsp3) is 0.333. The standard InChI is InChI=1S/C15H21N7O/c1-11(12-6-3-2-4-7-12)20-15(23)21-14(16)17-9-5-8-13-18-10-19-22-13/h2-4,6-7,10-11H,5,8-9H2,1H3,(H,18,19,22)(H4,16,17,20,21,23)/t11-/m1/s1. The molecule has 0 unspecified atom stereocenters. The van der Waals surface area contributed by atoms with Crippen LogP contribution in [0, 0.1) is 0 Å². The maximum atomic E-state index is 11.9. The summed E-state index contributed by atoms with van der Waals surface area (Å²) in [6.07, 6.45) is 2.96. The first kappa shape index (κ1) is 16.5. The third kappa shape index (κ3) is 5.77. The van der Waals surface area contributed by atoms with Gasteiger partial charge in [-0.05, 0) is 18.9 Å². The summed E-state index contributed by atoms with van der Waals surface area (Å²) >= 11 is 0. The van der Waals surface area contributed by atoms with Crippen molar-refractivity contribution in [1.82, 2.24) is 25.8 Å². The molecule has 122 valence electrons. The smallest absolute Gasteiger partial charge is 0.322 e. The van der Waals surface area contributed by atoms with Gasteiger partial charge < -0.3 is 11.1 Å². The topological polar surface area (TPSA) is 121 Å². The quantitative estimate of drug-likeness (QED) is 0.362. The molecule has 23 heavy (non-hydrogen) atoms. The first-order chi connectivity index (χ1) is 11.1. The minimum Gasteiger partial charge on any atom is -0.370 e. The summed E-state index contributed by atoms with van der Waals surface area (Å²) in [6.45, 7) is 2.40.